The molecular weight excluding hydrogens is 638 g/mol. The van der Waals surface area contributed by atoms with Crippen LogP contribution in [0.1, 0.15) is 18.7 Å². The first-order valence-electron chi connectivity index (χ1n) is 11.4. The maximum absolute atomic E-state index is 12.2. The fourth-order valence-electron chi connectivity index (χ4n) is 4.86. The Balaban J connectivity index is 1.55. The molecule has 1 fully saturated rings. The van der Waals surface area contributed by atoms with Crippen molar-refractivity contribution in [3.63, 3.8) is 0 Å². The Morgan fingerprint density at radius 3 is 2.31 bits per heavy atom. The molecule has 10 nitrogen and oxygen atoms in total. The predicted molar refractivity (Wildman–Crippen MR) is 148 cm³/mol. The van der Waals surface area contributed by atoms with Gasteiger partial charge in [0.2, 0.25) is 11.0 Å². The standard InChI is InChI=1S/C23H18Cl4N2O8S2/c24-13-9-17-19(11-15(13)26)36-21(28(17)6-2-8-38(30,31)32)3-1-4-22-29(7-5-23(29)39(33,34)35)18-10-14(25)16(27)12-20(18)37-22/h1,3-4,9-12,23H,2,5-8H2/p+2. The first kappa shape index (κ1) is 28.7. The van der Waals surface area contributed by atoms with E-state index in [1.165, 1.54) is 24.3 Å². The van der Waals surface area contributed by atoms with Crippen molar-refractivity contribution < 1.29 is 39.7 Å². The molecular formula is C23H20Cl4N2O8S2+2. The molecule has 208 valence electrons. The van der Waals surface area contributed by atoms with Gasteiger partial charge in [0.05, 0.1) is 44.9 Å². The first-order chi connectivity index (χ1) is 18.2. The highest BCUT2D eigenvalue weighted by Gasteiger charge is 2.63. The fourth-order valence-corrected chi connectivity index (χ4v) is 7.16. The number of quaternary nitrogens is 1. The molecule has 0 amide bonds. The molecule has 2 atom stereocenters. The molecule has 2 aliphatic heterocycles. The van der Waals surface area contributed by atoms with E-state index < -0.39 is 31.4 Å². The van der Waals surface area contributed by atoms with Gasteiger partial charge >= 0.3 is 21.9 Å². The Hall–Kier alpha value is -1.87. The Morgan fingerprint density at radius 2 is 1.67 bits per heavy atom. The minimum atomic E-state index is -4.45. The van der Waals surface area contributed by atoms with Crippen molar-refractivity contribution in [2.45, 2.75) is 24.8 Å². The highest BCUT2D eigenvalue weighted by molar-refractivity contribution is 7.86. The average molecular weight is 658 g/mol. The van der Waals surface area contributed by atoms with Crippen LogP contribution in [0.15, 0.2) is 46.7 Å². The number of nitrogens with zero attached hydrogens (tertiary/aromatic N) is 2. The molecule has 1 saturated heterocycles. The van der Waals surface area contributed by atoms with E-state index >= 15 is 0 Å². The number of halogens is 4. The van der Waals surface area contributed by atoms with E-state index in [1.807, 2.05) is 0 Å². The van der Waals surface area contributed by atoms with Gasteiger partial charge in [0, 0.05) is 36.8 Å². The van der Waals surface area contributed by atoms with Gasteiger partial charge in [-0.2, -0.15) is 21.4 Å². The summed E-state index contributed by atoms with van der Waals surface area (Å²) in [7, 11) is -8.63. The number of aryl methyl sites for hydroxylation is 1. The topological polar surface area (TPSA) is 135 Å². The molecule has 0 radical (unpaired) electrons. The monoisotopic (exact) mass is 656 g/mol. The largest absolute Gasteiger partial charge is 0.406 e. The molecule has 16 heteroatoms. The van der Waals surface area contributed by atoms with Crippen molar-refractivity contribution in [1.82, 2.24) is 4.48 Å². The third-order valence-corrected chi connectivity index (χ3v) is 10.2. The van der Waals surface area contributed by atoms with Crippen LogP contribution in [0.2, 0.25) is 20.1 Å². The van der Waals surface area contributed by atoms with Crippen LogP contribution in [-0.4, -0.2) is 43.6 Å². The van der Waals surface area contributed by atoms with Gasteiger partial charge in [-0.25, -0.2) is 4.48 Å². The molecule has 2 N–H and O–H groups in total. The van der Waals surface area contributed by atoms with Crippen molar-refractivity contribution in [3.05, 3.63) is 68.3 Å². The van der Waals surface area contributed by atoms with Crippen molar-refractivity contribution in [1.29, 1.82) is 0 Å². The minimum Gasteiger partial charge on any atom is -0.406 e. The molecule has 1 spiro atoms. The Morgan fingerprint density at radius 1 is 1.00 bits per heavy atom. The van der Waals surface area contributed by atoms with Crippen LogP contribution < -0.4 is 13.8 Å². The van der Waals surface area contributed by atoms with Crippen LogP contribution in [-0.2, 0) is 26.8 Å². The van der Waals surface area contributed by atoms with Crippen LogP contribution in [0.4, 0.5) is 5.69 Å². The summed E-state index contributed by atoms with van der Waals surface area (Å²) in [5, 5.41) is -0.243. The molecule has 2 aromatic carbocycles. The van der Waals surface area contributed by atoms with E-state index in [0.717, 1.165) is 0 Å². The van der Waals surface area contributed by atoms with Gasteiger partial charge < -0.3 is 9.15 Å². The van der Waals surface area contributed by atoms with Gasteiger partial charge in [-0.05, 0) is 6.08 Å². The highest BCUT2D eigenvalue weighted by atomic mass is 35.5. The van der Waals surface area contributed by atoms with Gasteiger partial charge in [0.25, 0.3) is 15.6 Å². The normalized spacial score (nSPS) is 22.1. The number of fused-ring (bicyclic) bond motifs is 3. The van der Waals surface area contributed by atoms with E-state index in [9.17, 15) is 21.4 Å². The molecule has 2 unspecified atom stereocenters. The molecule has 5 rings (SSSR count). The molecule has 3 aromatic rings. The fraction of sp³-hybridized carbons (Fsp3) is 0.261. The van der Waals surface area contributed by atoms with Crippen molar-refractivity contribution in [2.75, 3.05) is 12.3 Å². The number of aromatic nitrogens is 1. The highest BCUT2D eigenvalue weighted by Crippen LogP contribution is 2.54. The third-order valence-electron chi connectivity index (χ3n) is 6.64. The Bertz CT molecular complexity index is 1790. The predicted octanol–water partition coefficient (Wildman–Crippen LogP) is 5.48. The molecule has 0 saturated carbocycles. The zero-order valence-electron chi connectivity index (χ0n) is 19.7. The third kappa shape index (κ3) is 5.30. The van der Waals surface area contributed by atoms with Gasteiger partial charge in [0.1, 0.15) is 0 Å². The number of rotatable bonds is 7. The van der Waals surface area contributed by atoms with Crippen LogP contribution in [0.5, 0.6) is 5.75 Å². The maximum atomic E-state index is 12.2. The second-order valence-corrected chi connectivity index (χ2v) is 13.8. The van der Waals surface area contributed by atoms with Crippen molar-refractivity contribution in [2.24, 2.45) is 0 Å². The molecule has 0 bridgehead atoms. The van der Waals surface area contributed by atoms with E-state index in [0.29, 0.717) is 35.0 Å². The molecule has 2 aliphatic rings. The number of benzene rings is 2. The average Bonchev–Trinajstić information content (AvgIpc) is 3.27. The van der Waals surface area contributed by atoms with Gasteiger partial charge in [-0.3, -0.25) is 9.11 Å². The van der Waals surface area contributed by atoms with Gasteiger partial charge in [0.15, 0.2) is 18.0 Å². The summed E-state index contributed by atoms with van der Waals surface area (Å²) >= 11 is 24.7. The summed E-state index contributed by atoms with van der Waals surface area (Å²) in [6.07, 6.45) is 4.93. The summed E-state index contributed by atoms with van der Waals surface area (Å²) < 4.78 is 79.2. The lowest BCUT2D eigenvalue weighted by molar-refractivity contribution is -0.677. The van der Waals surface area contributed by atoms with Crippen LogP contribution >= 0.6 is 46.4 Å². The van der Waals surface area contributed by atoms with E-state index in [1.54, 1.807) is 22.8 Å². The number of hydrogen-bond donors (Lipinski definition) is 2. The molecule has 3 heterocycles. The van der Waals surface area contributed by atoms with Gasteiger partial charge in [-0.15, -0.1) is 0 Å². The van der Waals surface area contributed by atoms with Crippen LogP contribution in [0, 0.1) is 0 Å². The van der Waals surface area contributed by atoms with Crippen molar-refractivity contribution in [3.8, 4) is 5.75 Å². The lowest BCUT2D eigenvalue weighted by Crippen LogP contribution is -2.67. The number of oxazole rings is 1. The zero-order chi connectivity index (χ0) is 28.3. The van der Waals surface area contributed by atoms with Crippen LogP contribution in [0.25, 0.3) is 17.2 Å². The van der Waals surface area contributed by atoms with E-state index in [-0.39, 0.29) is 49.8 Å². The summed E-state index contributed by atoms with van der Waals surface area (Å²) in [5.41, 5.74) is 1.37. The Labute approximate surface area is 243 Å². The van der Waals surface area contributed by atoms with E-state index in [2.05, 4.69) is 0 Å². The van der Waals surface area contributed by atoms with Crippen molar-refractivity contribution >= 4 is 89.5 Å². The maximum Gasteiger partial charge on any atom is 0.374 e. The number of allylic oxidation sites excluding steroid dienone is 2. The van der Waals surface area contributed by atoms with E-state index in [4.69, 9.17) is 60.1 Å². The summed E-state index contributed by atoms with van der Waals surface area (Å²) in [5.74, 6) is 0.355. The number of ether oxygens (including phenoxy) is 1. The second-order valence-electron chi connectivity index (χ2n) is 9.02. The molecule has 39 heavy (non-hydrogen) atoms. The summed E-state index contributed by atoms with van der Waals surface area (Å²) in [6.45, 7) is 0.483. The van der Waals surface area contributed by atoms with Crippen LogP contribution in [0.3, 0.4) is 0 Å². The smallest absolute Gasteiger partial charge is 0.374 e. The zero-order valence-corrected chi connectivity index (χ0v) is 24.4. The summed E-state index contributed by atoms with van der Waals surface area (Å²) in [4.78, 5) is 0. The lowest BCUT2D eigenvalue weighted by atomic mass is 10.1. The van der Waals surface area contributed by atoms with Gasteiger partial charge in [-0.1, -0.05) is 46.4 Å². The first-order valence-corrected chi connectivity index (χ1v) is 16.0. The lowest BCUT2D eigenvalue weighted by Gasteiger charge is -2.45. The minimum absolute atomic E-state index is 0.0796. The quantitative estimate of drug-likeness (QED) is 0.194. The molecule has 0 aliphatic carbocycles. The SMILES string of the molecule is O=S(=O)(O)CCC[n+]1c(C=CC=C2Oc3cc(Cl)c(Cl)cc3[N+]23CCC3S(=O)(=O)O)oc2cc(Cl)c(Cl)cc21. The molecule has 1 aromatic heterocycles. The number of hydrogen-bond acceptors (Lipinski definition) is 6. The summed E-state index contributed by atoms with van der Waals surface area (Å²) in [6, 6.07) is 6.11. The Kier molecular flexibility index (Phi) is 7.49. The second kappa shape index (κ2) is 10.2.